The van der Waals surface area contributed by atoms with Crippen LogP contribution < -0.4 is 0 Å². The van der Waals surface area contributed by atoms with Crippen LogP contribution in [0.15, 0.2) is 18.4 Å². The Kier molecular flexibility index (Phi) is 1.80. The molecule has 9 heavy (non-hydrogen) atoms. The molecule has 0 aromatic carbocycles. The molecule has 0 saturated carbocycles. The highest BCUT2D eigenvalue weighted by atomic mass is 16.5. The number of hydrogen-bond acceptors (Lipinski definition) is 2. The van der Waals surface area contributed by atoms with Gasteiger partial charge in [-0.05, 0) is 6.07 Å². The smallest absolute Gasteiger partial charge is 0.0860 e. The van der Waals surface area contributed by atoms with Crippen molar-refractivity contribution >= 4 is 0 Å². The number of aromatic nitrogens is 2. The molecule has 0 aliphatic rings. The van der Waals surface area contributed by atoms with Crippen molar-refractivity contribution in [3.05, 3.63) is 18.4 Å². The van der Waals surface area contributed by atoms with Crippen LogP contribution in [-0.2, 0) is 11.3 Å². The minimum absolute atomic E-state index is 0.302. The van der Waals surface area contributed by atoms with Crippen LogP contribution in [0.1, 0.15) is 1.37 Å². The second kappa shape index (κ2) is 3.25. The molecule has 0 aliphatic carbocycles. The Hall–Kier alpha value is -0.830. The van der Waals surface area contributed by atoms with Gasteiger partial charge in [0.25, 0.3) is 0 Å². The fourth-order valence-electron chi connectivity index (χ4n) is 0.570. The van der Waals surface area contributed by atoms with Crippen LogP contribution in [0.25, 0.3) is 0 Å². The second-order valence-electron chi connectivity index (χ2n) is 1.70. The lowest BCUT2D eigenvalue weighted by molar-refractivity contribution is 0.183. The number of hydrogen-bond donors (Lipinski definition) is 0. The van der Waals surface area contributed by atoms with Gasteiger partial charge in [-0.25, -0.2) is 0 Å². The summed E-state index contributed by atoms with van der Waals surface area (Å²) in [6.07, 6.45) is 2.07. The molecule has 1 rings (SSSR count). The lowest BCUT2D eigenvalue weighted by Crippen LogP contribution is -2.03. The predicted octanol–water partition coefficient (Wildman–Crippen LogP) is 0.530. The van der Waals surface area contributed by atoms with Gasteiger partial charge in [-0.3, -0.25) is 4.68 Å². The van der Waals surface area contributed by atoms with Gasteiger partial charge < -0.3 is 4.74 Å². The number of nitrogens with zero attached hydrogens (tertiary/aromatic N) is 2. The summed E-state index contributed by atoms with van der Waals surface area (Å²) in [5.74, 6) is 0. The maximum atomic E-state index is 7.08. The zero-order chi connectivity index (χ0) is 7.40. The Morgan fingerprint density at radius 2 is 2.78 bits per heavy atom. The lowest BCUT2D eigenvalue weighted by Gasteiger charge is -1.97. The zero-order valence-corrected chi connectivity index (χ0v) is 5.37. The van der Waals surface area contributed by atoms with Gasteiger partial charge >= 0.3 is 0 Å². The summed E-state index contributed by atoms with van der Waals surface area (Å²) in [4.78, 5) is 0. The Balaban J connectivity index is 2.42. The van der Waals surface area contributed by atoms with Gasteiger partial charge in [0.15, 0.2) is 0 Å². The van der Waals surface area contributed by atoms with Crippen LogP contribution in [0.2, 0.25) is 0 Å². The molecule has 0 radical (unpaired) electrons. The molecular weight excluding hydrogens is 116 g/mol. The Morgan fingerprint density at radius 3 is 3.33 bits per heavy atom. The molecular formula is C6H10N2O. The molecule has 0 N–H and O–H groups in total. The van der Waals surface area contributed by atoms with Crippen LogP contribution in [0.4, 0.5) is 0 Å². The van der Waals surface area contributed by atoms with E-state index in [2.05, 4.69) is 5.10 Å². The minimum atomic E-state index is 0.302. The molecule has 3 nitrogen and oxygen atoms in total. The number of ether oxygens (including phenoxy) is 1. The summed E-state index contributed by atoms with van der Waals surface area (Å²) in [6.45, 7) is 1.36. The molecule has 0 atom stereocenters. The van der Waals surface area contributed by atoms with E-state index in [0.717, 1.165) is 6.54 Å². The number of methoxy groups -OCH3 is 1. The average Bonchev–Trinajstić information content (AvgIpc) is 2.31. The summed E-state index contributed by atoms with van der Waals surface area (Å²) in [5, 5.41) is 3.85. The topological polar surface area (TPSA) is 27.1 Å². The van der Waals surface area contributed by atoms with E-state index in [-0.39, 0.29) is 0 Å². The zero-order valence-electron chi connectivity index (χ0n) is 6.37. The van der Waals surface area contributed by atoms with Crippen molar-refractivity contribution < 1.29 is 6.11 Å². The first kappa shape index (κ1) is 4.99. The van der Waals surface area contributed by atoms with Crippen molar-refractivity contribution in [2.45, 2.75) is 6.54 Å². The van der Waals surface area contributed by atoms with E-state index in [1.807, 2.05) is 0 Å². The molecule has 3 heteroatoms. The van der Waals surface area contributed by atoms with Crippen molar-refractivity contribution in [3.63, 3.8) is 0 Å². The van der Waals surface area contributed by atoms with Crippen LogP contribution >= 0.6 is 0 Å². The van der Waals surface area contributed by atoms with E-state index in [1.165, 1.54) is 0 Å². The summed E-state index contributed by atoms with van der Waals surface area (Å²) < 4.78 is 13.6. The highest BCUT2D eigenvalue weighted by Gasteiger charge is 1.85. The van der Waals surface area contributed by atoms with Crippen LogP contribution in [0.3, 0.4) is 0 Å². The van der Waals surface area contributed by atoms with Crippen molar-refractivity contribution in [1.82, 2.24) is 9.78 Å². The van der Waals surface area contributed by atoms with Gasteiger partial charge in [0.2, 0.25) is 0 Å². The first-order valence-electron chi connectivity index (χ1n) is 3.32. The third-order valence-electron chi connectivity index (χ3n) is 1.03. The molecule has 0 fully saturated rings. The van der Waals surface area contributed by atoms with Gasteiger partial charge in [-0.1, -0.05) is 0 Å². The standard InChI is InChI=1S/C6H10N2O/c1-9-6-5-8-4-2-3-7-8/h2-4H,5-6H2,1H3/i3D. The van der Waals surface area contributed by atoms with Crippen molar-refractivity contribution in [2.75, 3.05) is 13.7 Å². The summed E-state index contributed by atoms with van der Waals surface area (Å²) in [7, 11) is 1.64. The van der Waals surface area contributed by atoms with Gasteiger partial charge in [-0.15, -0.1) is 0 Å². The second-order valence-corrected chi connectivity index (χ2v) is 1.70. The fourth-order valence-corrected chi connectivity index (χ4v) is 0.570. The highest BCUT2D eigenvalue weighted by molar-refractivity contribution is 4.77. The number of rotatable bonds is 3. The van der Waals surface area contributed by atoms with E-state index in [1.54, 1.807) is 24.1 Å². The van der Waals surface area contributed by atoms with Crippen molar-refractivity contribution in [3.8, 4) is 0 Å². The third kappa shape index (κ3) is 1.85. The molecule has 0 amide bonds. The Bertz CT molecular complexity index is 199. The van der Waals surface area contributed by atoms with Gasteiger partial charge in [0.1, 0.15) is 0 Å². The maximum Gasteiger partial charge on any atom is 0.0860 e. The van der Waals surface area contributed by atoms with Gasteiger partial charge in [-0.2, -0.15) is 5.10 Å². The van der Waals surface area contributed by atoms with E-state index >= 15 is 0 Å². The quantitative estimate of drug-likeness (QED) is 0.592. The summed E-state index contributed by atoms with van der Waals surface area (Å²) in [5.41, 5.74) is 0. The molecule has 50 valence electrons. The van der Waals surface area contributed by atoms with Gasteiger partial charge in [0.05, 0.1) is 14.5 Å². The van der Waals surface area contributed by atoms with Crippen molar-refractivity contribution in [1.29, 1.82) is 0 Å². The molecule has 1 aromatic heterocycles. The normalized spacial score (nSPS) is 11.4. The molecule has 0 unspecified atom stereocenters. The summed E-state index contributed by atoms with van der Waals surface area (Å²) in [6, 6.07) is 1.65. The van der Waals surface area contributed by atoms with Gasteiger partial charge in [0, 0.05) is 19.5 Å². The minimum Gasteiger partial charge on any atom is -0.383 e. The Labute approximate surface area is 55.7 Å². The van der Waals surface area contributed by atoms with Crippen LogP contribution in [0.5, 0.6) is 0 Å². The van der Waals surface area contributed by atoms with Crippen LogP contribution in [-0.4, -0.2) is 23.5 Å². The molecule has 0 bridgehead atoms. The van der Waals surface area contributed by atoms with Crippen LogP contribution in [0, 0.1) is 0 Å². The fraction of sp³-hybridized carbons (Fsp3) is 0.500. The molecule has 0 saturated heterocycles. The third-order valence-corrected chi connectivity index (χ3v) is 1.03. The molecule has 0 aliphatic heterocycles. The highest BCUT2D eigenvalue weighted by Crippen LogP contribution is 1.82. The molecule has 1 aromatic rings. The average molecular weight is 127 g/mol. The van der Waals surface area contributed by atoms with E-state index in [0.29, 0.717) is 12.8 Å². The first-order valence-corrected chi connectivity index (χ1v) is 2.82. The largest absolute Gasteiger partial charge is 0.383 e. The first-order chi connectivity index (χ1) is 4.83. The summed E-state index contributed by atoms with van der Waals surface area (Å²) >= 11 is 0. The Morgan fingerprint density at radius 1 is 1.89 bits per heavy atom. The maximum absolute atomic E-state index is 7.08. The SMILES string of the molecule is [2H]c1ccn(CCOC)n1. The predicted molar refractivity (Wildman–Crippen MR) is 34.1 cm³/mol. The molecule has 0 spiro atoms. The van der Waals surface area contributed by atoms with E-state index < -0.39 is 0 Å². The molecule has 1 heterocycles. The van der Waals surface area contributed by atoms with E-state index in [4.69, 9.17) is 6.11 Å². The van der Waals surface area contributed by atoms with Crippen molar-refractivity contribution in [2.24, 2.45) is 0 Å². The monoisotopic (exact) mass is 127 g/mol. The lowest BCUT2D eigenvalue weighted by atomic mass is 10.7. The van der Waals surface area contributed by atoms with E-state index in [9.17, 15) is 0 Å².